The van der Waals surface area contributed by atoms with Crippen LogP contribution >= 0.6 is 15.9 Å². The summed E-state index contributed by atoms with van der Waals surface area (Å²) < 4.78 is 22.2. The Bertz CT molecular complexity index is 2280. The number of hydrogen-bond acceptors (Lipinski definition) is 7. The van der Waals surface area contributed by atoms with E-state index in [0.29, 0.717) is 31.1 Å². The maximum atomic E-state index is 6.45. The van der Waals surface area contributed by atoms with Gasteiger partial charge in [-0.3, -0.25) is 9.58 Å². The first-order chi connectivity index (χ1) is 28.2. The van der Waals surface area contributed by atoms with Gasteiger partial charge in [0.25, 0.3) is 0 Å². The van der Waals surface area contributed by atoms with Crippen LogP contribution in [0.5, 0.6) is 17.5 Å². The minimum atomic E-state index is 0.151. The van der Waals surface area contributed by atoms with Gasteiger partial charge >= 0.3 is 0 Å². The van der Waals surface area contributed by atoms with Crippen LogP contribution in [0.1, 0.15) is 69.1 Å². The normalized spacial score (nSPS) is 17.7. The molecule has 2 aliphatic rings. The molecule has 9 heteroatoms. The fourth-order valence-electron chi connectivity index (χ4n) is 8.72. The number of para-hydroxylation sites is 1. The molecule has 6 aromatic rings. The highest BCUT2D eigenvalue weighted by molar-refractivity contribution is 9.10. The van der Waals surface area contributed by atoms with E-state index in [1.165, 1.54) is 36.9 Å². The molecule has 0 radical (unpaired) electrons. The minimum absolute atomic E-state index is 0.151. The third kappa shape index (κ3) is 9.21. The van der Waals surface area contributed by atoms with Gasteiger partial charge in [-0.25, -0.2) is 0 Å². The average molecular weight is 843 g/mol. The average Bonchev–Trinajstić information content (AvgIpc) is 3.60. The Hall–Kier alpha value is -4.86. The first-order valence-corrected chi connectivity index (χ1v) is 21.7. The van der Waals surface area contributed by atoms with Crippen molar-refractivity contribution in [2.45, 2.75) is 84.2 Å². The van der Waals surface area contributed by atoms with Crippen molar-refractivity contribution in [3.05, 3.63) is 130 Å². The molecule has 1 aliphatic heterocycles. The van der Waals surface area contributed by atoms with Crippen LogP contribution in [0.3, 0.4) is 0 Å². The fourth-order valence-corrected chi connectivity index (χ4v) is 9.07. The number of aryl methyl sites for hydroxylation is 1. The van der Waals surface area contributed by atoms with E-state index in [2.05, 4.69) is 107 Å². The topological polar surface area (TPSA) is 64.9 Å². The van der Waals surface area contributed by atoms with Crippen molar-refractivity contribution >= 4 is 32.5 Å². The lowest BCUT2D eigenvalue weighted by Crippen LogP contribution is -2.54. The summed E-state index contributed by atoms with van der Waals surface area (Å²) in [7, 11) is 2.05. The Balaban J connectivity index is 0.920. The second kappa shape index (κ2) is 18.0. The summed E-state index contributed by atoms with van der Waals surface area (Å²) in [5, 5.41) is 6.20. The second-order valence-corrected chi connectivity index (χ2v) is 17.5. The molecule has 8 nitrogen and oxygen atoms in total. The van der Waals surface area contributed by atoms with Crippen molar-refractivity contribution in [2.24, 2.45) is 13.0 Å². The van der Waals surface area contributed by atoms with E-state index in [0.717, 1.165) is 88.4 Å². The number of fused-ring (bicyclic) bond motifs is 1. The van der Waals surface area contributed by atoms with Crippen LogP contribution in [-0.4, -0.2) is 57.5 Å². The zero-order valence-corrected chi connectivity index (χ0v) is 36.0. The molecule has 1 saturated carbocycles. The monoisotopic (exact) mass is 841 g/mol. The van der Waals surface area contributed by atoms with Gasteiger partial charge in [0.2, 0.25) is 11.8 Å². The van der Waals surface area contributed by atoms with E-state index in [1.54, 1.807) is 0 Å². The third-order valence-electron chi connectivity index (χ3n) is 12.3. The quantitative estimate of drug-likeness (QED) is 0.108. The maximum absolute atomic E-state index is 6.45. The van der Waals surface area contributed by atoms with E-state index in [9.17, 15) is 0 Å². The zero-order chi connectivity index (χ0) is 40.1. The summed E-state index contributed by atoms with van der Waals surface area (Å²) in [6, 6.07) is 37.1. The van der Waals surface area contributed by atoms with Crippen LogP contribution in [0.25, 0.3) is 22.2 Å². The van der Waals surface area contributed by atoms with Gasteiger partial charge in [0.1, 0.15) is 24.7 Å². The summed E-state index contributed by atoms with van der Waals surface area (Å²) in [6.07, 6.45) is 7.60. The first kappa shape index (κ1) is 39.9. The highest BCUT2D eigenvalue weighted by atomic mass is 79.9. The number of halogens is 1. The molecular formula is C49H56BrN5O3. The number of rotatable bonds is 14. The van der Waals surface area contributed by atoms with Crippen LogP contribution in [-0.2, 0) is 20.3 Å². The van der Waals surface area contributed by atoms with Gasteiger partial charge in [-0.2, -0.15) is 10.1 Å². The van der Waals surface area contributed by atoms with Crippen LogP contribution in [0.2, 0.25) is 0 Å². The Morgan fingerprint density at radius 1 is 0.741 bits per heavy atom. The molecule has 302 valence electrons. The predicted molar refractivity (Wildman–Crippen MR) is 238 cm³/mol. The lowest BCUT2D eigenvalue weighted by Gasteiger charge is -2.45. The predicted octanol–water partition coefficient (Wildman–Crippen LogP) is 11.2. The van der Waals surface area contributed by atoms with Gasteiger partial charge in [0.15, 0.2) is 0 Å². The molecular weight excluding hydrogens is 786 g/mol. The van der Waals surface area contributed by atoms with Crippen LogP contribution in [0.15, 0.2) is 114 Å². The van der Waals surface area contributed by atoms with E-state index in [1.807, 2.05) is 60.3 Å². The Morgan fingerprint density at radius 2 is 1.41 bits per heavy atom. The van der Waals surface area contributed by atoms with E-state index < -0.39 is 0 Å². The Labute approximate surface area is 352 Å². The Morgan fingerprint density at radius 3 is 2.12 bits per heavy atom. The molecule has 2 aromatic heterocycles. The molecule has 0 N–H and O–H groups in total. The highest BCUT2D eigenvalue weighted by Crippen LogP contribution is 2.40. The van der Waals surface area contributed by atoms with Gasteiger partial charge in [0.05, 0.1) is 22.9 Å². The molecule has 0 atom stereocenters. The molecule has 0 spiro atoms. The zero-order valence-electron chi connectivity index (χ0n) is 34.4. The summed E-state index contributed by atoms with van der Waals surface area (Å²) in [6.45, 7) is 11.9. The maximum Gasteiger partial charge on any atom is 0.226 e. The summed E-state index contributed by atoms with van der Waals surface area (Å²) in [4.78, 5) is 10.1. The number of piperazine rings is 1. The molecule has 4 aromatic carbocycles. The largest absolute Gasteiger partial charge is 0.490 e. The molecule has 8 rings (SSSR count). The molecule has 0 amide bonds. The van der Waals surface area contributed by atoms with Crippen molar-refractivity contribution < 1.29 is 14.2 Å². The number of nitrogens with zero attached hydrogens (tertiary/aromatic N) is 5. The number of anilines is 1. The lowest BCUT2D eigenvalue weighted by atomic mass is 9.81. The van der Waals surface area contributed by atoms with Crippen molar-refractivity contribution in [1.29, 1.82) is 0 Å². The molecule has 3 heterocycles. The summed E-state index contributed by atoms with van der Waals surface area (Å²) in [5.74, 6) is 2.82. The molecule has 0 unspecified atom stereocenters. The van der Waals surface area contributed by atoms with E-state index in [4.69, 9.17) is 24.3 Å². The Kier molecular flexibility index (Phi) is 12.4. The van der Waals surface area contributed by atoms with Crippen molar-refractivity contribution in [3.8, 4) is 28.8 Å². The van der Waals surface area contributed by atoms with Gasteiger partial charge in [-0.05, 0) is 101 Å². The number of ether oxygens (including phenoxy) is 3. The molecule has 58 heavy (non-hydrogen) atoms. The van der Waals surface area contributed by atoms with Crippen molar-refractivity contribution in [3.63, 3.8) is 0 Å². The van der Waals surface area contributed by atoms with Crippen LogP contribution in [0, 0.1) is 12.8 Å². The van der Waals surface area contributed by atoms with Crippen LogP contribution in [0.4, 0.5) is 5.69 Å². The number of aromatic nitrogens is 3. The van der Waals surface area contributed by atoms with Crippen molar-refractivity contribution in [1.82, 2.24) is 19.7 Å². The first-order valence-electron chi connectivity index (χ1n) is 20.9. The van der Waals surface area contributed by atoms with E-state index >= 15 is 0 Å². The van der Waals surface area contributed by atoms with Gasteiger partial charge in [0, 0.05) is 60.3 Å². The summed E-state index contributed by atoms with van der Waals surface area (Å²) >= 11 is 3.65. The molecule has 2 fully saturated rings. The highest BCUT2D eigenvalue weighted by Gasteiger charge is 2.33. The summed E-state index contributed by atoms with van der Waals surface area (Å²) in [5.41, 5.74) is 7.54. The number of hydrogen-bond donors (Lipinski definition) is 0. The van der Waals surface area contributed by atoms with E-state index in [-0.39, 0.29) is 5.54 Å². The lowest BCUT2D eigenvalue weighted by molar-refractivity contribution is 0.0845. The fraction of sp³-hybridized carbons (Fsp3) is 0.388. The molecule has 1 saturated heterocycles. The SMILES string of the molecule is Cc1c(Br)cccc1OC1CCC(CCC(C)(C)N2CCN(c3cccc4c(-c5ccc(OCc6ccccc6)nc5OCc5ccccc5)nn(C)c34)CC2)CC1. The third-order valence-corrected chi connectivity index (χ3v) is 13.2. The van der Waals surface area contributed by atoms with Crippen LogP contribution < -0.4 is 19.1 Å². The standard InChI is InChI=1S/C49H56BrN5O3/c1-35-42(50)18-12-20-44(35)58-39-23-21-36(22-24-39)27-28-49(2,3)55-31-29-54(30-32-55)43-19-11-17-40-46(52-53(4)47(40)43)41-25-26-45(56-33-37-13-7-5-8-14-37)51-48(41)57-34-38-15-9-6-10-16-38/h5-20,25-26,36,39H,21-24,27-34H2,1-4H3. The van der Waals surface area contributed by atoms with Gasteiger partial charge in [-0.1, -0.05) is 94.8 Å². The number of pyridine rings is 1. The molecule has 1 aliphatic carbocycles. The smallest absolute Gasteiger partial charge is 0.226 e. The van der Waals surface area contributed by atoms with Crippen molar-refractivity contribution in [2.75, 3.05) is 31.1 Å². The van der Waals surface area contributed by atoms with Gasteiger partial charge in [-0.15, -0.1) is 0 Å². The minimum Gasteiger partial charge on any atom is -0.490 e. The second-order valence-electron chi connectivity index (χ2n) is 16.6. The van der Waals surface area contributed by atoms with Gasteiger partial charge < -0.3 is 19.1 Å². The molecule has 0 bridgehead atoms. The number of benzene rings is 4.